The molecule has 0 aliphatic rings. The van der Waals surface area contributed by atoms with Gasteiger partial charge in [-0.3, -0.25) is 9.35 Å². The number of fused-ring (bicyclic) bond motifs is 2. The zero-order valence-electron chi connectivity index (χ0n) is 19.3. The molecule has 10 nitrogen and oxygen atoms in total. The summed E-state index contributed by atoms with van der Waals surface area (Å²) in [6.45, 7) is 5.00. The van der Waals surface area contributed by atoms with E-state index in [0.29, 0.717) is 16.5 Å². The number of aromatic nitrogens is 1. The van der Waals surface area contributed by atoms with Crippen LogP contribution in [0.4, 0.5) is 5.69 Å². The number of para-hydroxylation sites is 2. The second-order valence-electron chi connectivity index (χ2n) is 8.90. The summed E-state index contributed by atoms with van der Waals surface area (Å²) in [5, 5.41) is 0.495. The standard InChI is InChI=1S/C24H24N2O8S/c1-24(2,3)34-21(27)9-6-12-26(35(29,30)31)16-11-10-15-13-17(23(28)33-20(15)14-16)22-25-18-7-4-5-8-19(18)32-22/h4-5,7-8,10-11,13-14H,6,9,12H2,1-3H3,(H,29,30,31). The Kier molecular flexibility index (Phi) is 6.39. The molecule has 0 radical (unpaired) electrons. The lowest BCUT2D eigenvalue weighted by Gasteiger charge is -2.22. The molecule has 0 amide bonds. The molecule has 0 spiro atoms. The van der Waals surface area contributed by atoms with Crippen LogP contribution in [-0.2, 0) is 19.8 Å². The van der Waals surface area contributed by atoms with Crippen molar-refractivity contribution >= 4 is 44.0 Å². The predicted octanol–water partition coefficient (Wildman–Crippen LogP) is 4.33. The molecule has 2 heterocycles. The van der Waals surface area contributed by atoms with Gasteiger partial charge in [-0.15, -0.1) is 0 Å². The molecule has 0 saturated carbocycles. The summed E-state index contributed by atoms with van der Waals surface area (Å²) in [5.74, 6) is -0.378. The van der Waals surface area contributed by atoms with Crippen LogP contribution in [0, 0.1) is 0 Å². The van der Waals surface area contributed by atoms with Gasteiger partial charge in [-0.2, -0.15) is 8.42 Å². The molecular weight excluding hydrogens is 476 g/mol. The molecule has 35 heavy (non-hydrogen) atoms. The highest BCUT2D eigenvalue weighted by Crippen LogP contribution is 2.28. The Labute approximate surface area is 201 Å². The quantitative estimate of drug-likeness (QED) is 0.223. The lowest BCUT2D eigenvalue weighted by molar-refractivity contribution is -0.154. The molecule has 0 unspecified atom stereocenters. The molecule has 2 aromatic heterocycles. The summed E-state index contributed by atoms with van der Waals surface area (Å²) in [5.41, 5.74) is 0.0250. The van der Waals surface area contributed by atoms with Gasteiger partial charge < -0.3 is 13.6 Å². The first-order valence-electron chi connectivity index (χ1n) is 10.8. The van der Waals surface area contributed by atoms with Crippen LogP contribution in [0.5, 0.6) is 0 Å². The minimum atomic E-state index is -4.66. The first kappa shape index (κ1) is 24.4. The van der Waals surface area contributed by atoms with Crippen LogP contribution < -0.4 is 9.93 Å². The minimum absolute atomic E-state index is 0.0419. The van der Waals surface area contributed by atoms with Crippen molar-refractivity contribution in [3.05, 3.63) is 59.0 Å². The number of anilines is 1. The third kappa shape index (κ3) is 5.69. The van der Waals surface area contributed by atoms with E-state index in [1.165, 1.54) is 18.2 Å². The van der Waals surface area contributed by atoms with Crippen molar-refractivity contribution in [1.82, 2.24) is 4.98 Å². The van der Waals surface area contributed by atoms with E-state index < -0.39 is 27.5 Å². The Morgan fingerprint density at radius 3 is 2.51 bits per heavy atom. The maximum Gasteiger partial charge on any atom is 0.359 e. The lowest BCUT2D eigenvalue weighted by Crippen LogP contribution is -2.32. The van der Waals surface area contributed by atoms with Crippen LogP contribution in [0.2, 0.25) is 0 Å². The van der Waals surface area contributed by atoms with Crippen LogP contribution in [0.15, 0.2) is 62.2 Å². The number of rotatable bonds is 7. The summed E-state index contributed by atoms with van der Waals surface area (Å²) in [6, 6.07) is 12.9. The van der Waals surface area contributed by atoms with Crippen LogP contribution in [0.3, 0.4) is 0 Å². The fourth-order valence-corrected chi connectivity index (χ4v) is 4.27. The van der Waals surface area contributed by atoms with E-state index in [2.05, 4.69) is 4.98 Å². The highest BCUT2D eigenvalue weighted by Gasteiger charge is 2.23. The average molecular weight is 501 g/mol. The van der Waals surface area contributed by atoms with E-state index >= 15 is 0 Å². The van der Waals surface area contributed by atoms with Gasteiger partial charge in [0.15, 0.2) is 5.58 Å². The number of nitrogens with zero attached hydrogens (tertiary/aromatic N) is 2. The molecule has 0 aliphatic heterocycles. The summed E-state index contributed by atoms with van der Waals surface area (Å²) in [6.07, 6.45) is 0.0627. The Morgan fingerprint density at radius 1 is 1.09 bits per heavy atom. The van der Waals surface area contributed by atoms with Crippen molar-refractivity contribution in [1.29, 1.82) is 0 Å². The Bertz CT molecular complexity index is 1530. The first-order valence-corrected chi connectivity index (χ1v) is 12.2. The van der Waals surface area contributed by atoms with Crippen molar-refractivity contribution in [2.75, 3.05) is 10.8 Å². The second-order valence-corrected chi connectivity index (χ2v) is 10.2. The monoisotopic (exact) mass is 500 g/mol. The van der Waals surface area contributed by atoms with Crippen molar-refractivity contribution in [2.24, 2.45) is 0 Å². The highest BCUT2D eigenvalue weighted by atomic mass is 32.2. The zero-order valence-corrected chi connectivity index (χ0v) is 20.2. The number of oxazole rings is 1. The predicted molar refractivity (Wildman–Crippen MR) is 129 cm³/mol. The SMILES string of the molecule is CC(C)(C)OC(=O)CCCN(c1ccc2cc(-c3nc4ccccc4o3)c(=O)oc2c1)S(=O)(=O)O. The fourth-order valence-electron chi connectivity index (χ4n) is 3.53. The van der Waals surface area contributed by atoms with Gasteiger partial charge in [-0.1, -0.05) is 12.1 Å². The minimum Gasteiger partial charge on any atom is -0.460 e. The zero-order chi connectivity index (χ0) is 25.4. The smallest absolute Gasteiger partial charge is 0.359 e. The maximum absolute atomic E-state index is 12.7. The molecular formula is C24H24N2O8S. The third-order valence-electron chi connectivity index (χ3n) is 4.97. The largest absolute Gasteiger partial charge is 0.460 e. The van der Waals surface area contributed by atoms with E-state index in [4.69, 9.17) is 13.6 Å². The number of hydrogen-bond acceptors (Lipinski definition) is 8. The van der Waals surface area contributed by atoms with Crippen LogP contribution in [0.1, 0.15) is 33.6 Å². The van der Waals surface area contributed by atoms with Gasteiger partial charge in [-0.05, 0) is 57.5 Å². The van der Waals surface area contributed by atoms with Gasteiger partial charge in [-0.25, -0.2) is 14.1 Å². The topological polar surface area (TPSA) is 140 Å². The summed E-state index contributed by atoms with van der Waals surface area (Å²) < 4.78 is 50.8. The highest BCUT2D eigenvalue weighted by molar-refractivity contribution is 7.87. The number of benzene rings is 2. The number of carbonyl (C=O) groups is 1. The molecule has 0 aliphatic carbocycles. The van der Waals surface area contributed by atoms with Crippen molar-refractivity contribution in [3.8, 4) is 11.5 Å². The van der Waals surface area contributed by atoms with E-state index in [1.54, 1.807) is 51.1 Å². The van der Waals surface area contributed by atoms with Gasteiger partial charge in [0.05, 0.1) is 5.69 Å². The average Bonchev–Trinajstić information content (AvgIpc) is 3.18. The molecule has 1 N–H and O–H groups in total. The van der Waals surface area contributed by atoms with Crippen molar-refractivity contribution < 1.29 is 31.3 Å². The molecule has 0 bridgehead atoms. The Hall–Kier alpha value is -3.70. The first-order chi connectivity index (χ1) is 16.4. The van der Waals surface area contributed by atoms with Gasteiger partial charge in [0.2, 0.25) is 5.89 Å². The maximum atomic E-state index is 12.7. The van der Waals surface area contributed by atoms with Crippen LogP contribution >= 0.6 is 0 Å². The molecule has 2 aromatic carbocycles. The van der Waals surface area contributed by atoms with Gasteiger partial charge in [0.1, 0.15) is 22.3 Å². The third-order valence-corrected chi connectivity index (χ3v) is 5.92. The molecule has 0 fully saturated rings. The Morgan fingerprint density at radius 2 is 1.83 bits per heavy atom. The molecule has 4 rings (SSSR count). The van der Waals surface area contributed by atoms with Crippen molar-refractivity contribution in [2.45, 2.75) is 39.2 Å². The summed E-state index contributed by atoms with van der Waals surface area (Å²) in [4.78, 5) is 28.9. The number of esters is 1. The van der Waals surface area contributed by atoms with Crippen LogP contribution in [0.25, 0.3) is 33.5 Å². The van der Waals surface area contributed by atoms with Gasteiger partial charge in [0, 0.05) is 24.4 Å². The Balaban J connectivity index is 1.61. The fraction of sp³-hybridized carbons (Fsp3) is 0.292. The van der Waals surface area contributed by atoms with Gasteiger partial charge >= 0.3 is 21.9 Å². The van der Waals surface area contributed by atoms with E-state index in [9.17, 15) is 22.6 Å². The van der Waals surface area contributed by atoms with Crippen molar-refractivity contribution in [3.63, 3.8) is 0 Å². The molecule has 184 valence electrons. The molecule has 4 aromatic rings. The van der Waals surface area contributed by atoms with Gasteiger partial charge in [0.25, 0.3) is 0 Å². The van der Waals surface area contributed by atoms with Crippen LogP contribution in [-0.4, -0.2) is 36.1 Å². The number of ether oxygens (including phenoxy) is 1. The van der Waals surface area contributed by atoms with E-state index in [-0.39, 0.29) is 42.1 Å². The normalized spacial score (nSPS) is 12.2. The molecule has 0 atom stereocenters. The number of carbonyl (C=O) groups excluding carboxylic acids is 1. The lowest BCUT2D eigenvalue weighted by atomic mass is 10.1. The molecule has 11 heteroatoms. The summed E-state index contributed by atoms with van der Waals surface area (Å²) >= 11 is 0. The van der Waals surface area contributed by atoms with E-state index in [1.807, 2.05) is 0 Å². The molecule has 0 saturated heterocycles. The number of hydrogen-bond donors (Lipinski definition) is 1. The second kappa shape index (κ2) is 9.16. The van der Waals surface area contributed by atoms with E-state index in [0.717, 1.165) is 4.31 Å². The summed E-state index contributed by atoms with van der Waals surface area (Å²) in [7, 11) is -4.66.